The molecule has 0 saturated heterocycles. The van der Waals surface area contributed by atoms with Gasteiger partial charge in [-0.05, 0) is 32.0 Å². The predicted molar refractivity (Wildman–Crippen MR) is 98.8 cm³/mol. The third-order valence-electron chi connectivity index (χ3n) is 3.97. The van der Waals surface area contributed by atoms with E-state index in [1.807, 2.05) is 0 Å². The number of nitrogens with zero attached hydrogens (tertiary/aromatic N) is 3. The number of aryl methyl sites for hydroxylation is 1. The van der Waals surface area contributed by atoms with Gasteiger partial charge in [-0.2, -0.15) is 0 Å². The lowest BCUT2D eigenvalue weighted by molar-refractivity contribution is 0.584. The average Bonchev–Trinajstić information content (AvgIpc) is 2.60. The van der Waals surface area contributed by atoms with E-state index in [0.29, 0.717) is 5.69 Å². The number of nitrogens with one attached hydrogen (secondary N) is 1. The molecule has 1 N–H and O–H groups in total. The predicted octanol–water partition coefficient (Wildman–Crippen LogP) is 1.23. The number of hydrogen-bond donors (Lipinski definition) is 1. The molecule has 8 nitrogen and oxygen atoms in total. The second kappa shape index (κ2) is 6.41. The van der Waals surface area contributed by atoms with Crippen LogP contribution in [-0.2, 0) is 17.1 Å². The Kier molecular flexibility index (Phi) is 4.41. The van der Waals surface area contributed by atoms with Gasteiger partial charge in [-0.3, -0.25) is 18.7 Å². The van der Waals surface area contributed by atoms with Crippen molar-refractivity contribution in [2.24, 2.45) is 7.05 Å². The van der Waals surface area contributed by atoms with Crippen LogP contribution < -0.4 is 15.6 Å². The fourth-order valence-electron chi connectivity index (χ4n) is 2.76. The van der Waals surface area contributed by atoms with Crippen molar-refractivity contribution in [1.82, 2.24) is 14.5 Å². The number of aromatic amines is 1. The number of benzene rings is 1. The molecule has 9 heteroatoms. The van der Waals surface area contributed by atoms with Gasteiger partial charge in [0.1, 0.15) is 10.5 Å². The summed E-state index contributed by atoms with van der Waals surface area (Å²) in [7, 11) is -2.50. The van der Waals surface area contributed by atoms with E-state index in [1.165, 1.54) is 17.4 Å². The minimum Gasteiger partial charge on any atom is -0.281 e. The van der Waals surface area contributed by atoms with Crippen LogP contribution in [0, 0.1) is 0 Å². The second-order valence-corrected chi connectivity index (χ2v) is 7.91. The van der Waals surface area contributed by atoms with E-state index in [-0.39, 0.29) is 22.0 Å². The lowest BCUT2D eigenvalue weighted by Crippen LogP contribution is -2.37. The van der Waals surface area contributed by atoms with Crippen LogP contribution in [0.25, 0.3) is 11.0 Å². The van der Waals surface area contributed by atoms with Crippen LogP contribution in [0.5, 0.6) is 0 Å². The largest absolute Gasteiger partial charge is 0.329 e. The minimum atomic E-state index is -3.95. The maximum Gasteiger partial charge on any atom is 0.329 e. The van der Waals surface area contributed by atoms with Crippen LogP contribution in [-0.4, -0.2) is 29.0 Å². The number of H-pyrrole nitrogens is 1. The fraction of sp³-hybridized carbons (Fsp3) is 0.235. The number of sulfonamides is 1. The van der Waals surface area contributed by atoms with E-state index in [9.17, 15) is 18.0 Å². The van der Waals surface area contributed by atoms with Gasteiger partial charge in [0.15, 0.2) is 0 Å². The van der Waals surface area contributed by atoms with Gasteiger partial charge in [0.25, 0.3) is 15.6 Å². The van der Waals surface area contributed by atoms with Gasteiger partial charge in [-0.1, -0.05) is 18.2 Å². The highest BCUT2D eigenvalue weighted by Crippen LogP contribution is 2.26. The van der Waals surface area contributed by atoms with Gasteiger partial charge in [0, 0.05) is 19.3 Å². The van der Waals surface area contributed by atoms with E-state index < -0.39 is 21.3 Å². The van der Waals surface area contributed by atoms with Crippen molar-refractivity contribution in [2.75, 3.05) is 4.31 Å². The average molecular weight is 374 g/mol. The molecule has 0 atom stereocenters. The Balaban J connectivity index is 2.24. The zero-order valence-electron chi connectivity index (χ0n) is 14.5. The summed E-state index contributed by atoms with van der Waals surface area (Å²) in [6, 6.07) is 9.58. The van der Waals surface area contributed by atoms with E-state index in [2.05, 4.69) is 9.97 Å². The first kappa shape index (κ1) is 17.9. The Morgan fingerprint density at radius 2 is 1.81 bits per heavy atom. The Labute approximate surface area is 149 Å². The third-order valence-corrected chi connectivity index (χ3v) is 5.93. The lowest BCUT2D eigenvalue weighted by Gasteiger charge is -2.28. The first-order valence-corrected chi connectivity index (χ1v) is 9.36. The van der Waals surface area contributed by atoms with Gasteiger partial charge in [0.2, 0.25) is 0 Å². The smallest absolute Gasteiger partial charge is 0.281 e. The summed E-state index contributed by atoms with van der Waals surface area (Å²) in [6.07, 6.45) is 1.16. The Morgan fingerprint density at radius 1 is 1.15 bits per heavy atom. The summed E-state index contributed by atoms with van der Waals surface area (Å²) in [5, 5.41) is 0.0324. The van der Waals surface area contributed by atoms with Gasteiger partial charge in [-0.25, -0.2) is 18.2 Å². The molecule has 0 saturated carbocycles. The van der Waals surface area contributed by atoms with Crippen molar-refractivity contribution in [3.05, 3.63) is 63.4 Å². The lowest BCUT2D eigenvalue weighted by atomic mass is 10.3. The van der Waals surface area contributed by atoms with Crippen LogP contribution in [0.2, 0.25) is 0 Å². The molecule has 0 bridgehead atoms. The molecule has 0 aliphatic rings. The number of hydrogen-bond acceptors (Lipinski definition) is 5. The summed E-state index contributed by atoms with van der Waals surface area (Å²) in [5.41, 5.74) is -0.660. The highest BCUT2D eigenvalue weighted by Gasteiger charge is 2.28. The third kappa shape index (κ3) is 2.90. The van der Waals surface area contributed by atoms with Crippen molar-refractivity contribution < 1.29 is 8.42 Å². The highest BCUT2D eigenvalue weighted by atomic mass is 32.2. The molecule has 3 aromatic rings. The Hall–Kier alpha value is -2.94. The number of fused-ring (bicyclic) bond motifs is 1. The fourth-order valence-corrected chi connectivity index (χ4v) is 4.40. The van der Waals surface area contributed by atoms with E-state index in [1.54, 1.807) is 44.2 Å². The highest BCUT2D eigenvalue weighted by molar-refractivity contribution is 7.92. The van der Waals surface area contributed by atoms with Crippen LogP contribution in [0.3, 0.4) is 0 Å². The summed E-state index contributed by atoms with van der Waals surface area (Å²) >= 11 is 0. The number of anilines is 1. The van der Waals surface area contributed by atoms with E-state index in [0.717, 1.165) is 10.8 Å². The Bertz CT molecular complexity index is 1180. The summed E-state index contributed by atoms with van der Waals surface area (Å²) in [6.45, 7) is 3.52. The molecule has 136 valence electrons. The SMILES string of the molecule is CC(C)N(c1ccccc1)S(=O)(=O)c1cnc2c(c1)c(=O)[nH]c(=O)n2C. The molecule has 2 heterocycles. The van der Waals surface area contributed by atoms with Crippen molar-refractivity contribution in [2.45, 2.75) is 24.8 Å². The molecule has 0 spiro atoms. The van der Waals surface area contributed by atoms with E-state index >= 15 is 0 Å². The molecule has 3 rings (SSSR count). The van der Waals surface area contributed by atoms with Gasteiger partial charge in [-0.15, -0.1) is 0 Å². The standard InChI is InChI=1S/C17H18N4O4S/c1-11(2)21(12-7-5-4-6-8-12)26(24,25)13-9-14-15(18-10-13)20(3)17(23)19-16(14)22/h4-11H,1-3H3,(H,19,22,23). The van der Waals surface area contributed by atoms with Crippen LogP contribution in [0.1, 0.15) is 13.8 Å². The van der Waals surface area contributed by atoms with Crippen LogP contribution in [0.4, 0.5) is 5.69 Å². The molecular formula is C17H18N4O4S. The monoisotopic (exact) mass is 374 g/mol. The first-order chi connectivity index (χ1) is 12.2. The summed E-state index contributed by atoms with van der Waals surface area (Å²) in [5.74, 6) is 0. The van der Waals surface area contributed by atoms with Gasteiger partial charge in [0.05, 0.1) is 11.1 Å². The van der Waals surface area contributed by atoms with Crippen LogP contribution in [0.15, 0.2) is 57.1 Å². The van der Waals surface area contributed by atoms with Crippen molar-refractivity contribution in [3.8, 4) is 0 Å². The molecule has 2 aromatic heterocycles. The topological polar surface area (TPSA) is 105 Å². The Morgan fingerprint density at radius 3 is 2.42 bits per heavy atom. The molecule has 1 aromatic carbocycles. The van der Waals surface area contributed by atoms with Crippen molar-refractivity contribution in [1.29, 1.82) is 0 Å². The number of pyridine rings is 1. The summed E-state index contributed by atoms with van der Waals surface area (Å²) < 4.78 is 28.8. The maximum atomic E-state index is 13.2. The first-order valence-electron chi connectivity index (χ1n) is 7.92. The van der Waals surface area contributed by atoms with Crippen molar-refractivity contribution >= 4 is 26.7 Å². The maximum absolute atomic E-state index is 13.2. The van der Waals surface area contributed by atoms with E-state index in [4.69, 9.17) is 0 Å². The van der Waals surface area contributed by atoms with Gasteiger partial charge < -0.3 is 0 Å². The summed E-state index contributed by atoms with van der Waals surface area (Å²) in [4.78, 5) is 29.8. The molecule has 0 amide bonds. The quantitative estimate of drug-likeness (QED) is 0.739. The number of para-hydroxylation sites is 1. The molecule has 0 aliphatic heterocycles. The minimum absolute atomic E-state index is 0.0324. The molecule has 0 fully saturated rings. The second-order valence-electron chi connectivity index (χ2n) is 6.09. The number of aromatic nitrogens is 3. The molecule has 0 aliphatic carbocycles. The number of rotatable bonds is 4. The van der Waals surface area contributed by atoms with Crippen LogP contribution >= 0.6 is 0 Å². The van der Waals surface area contributed by atoms with Crippen molar-refractivity contribution in [3.63, 3.8) is 0 Å². The molecule has 0 radical (unpaired) electrons. The molecule has 26 heavy (non-hydrogen) atoms. The normalized spacial score (nSPS) is 11.8. The van der Waals surface area contributed by atoms with Gasteiger partial charge >= 0.3 is 5.69 Å². The zero-order valence-corrected chi connectivity index (χ0v) is 15.3. The molecule has 0 unspecified atom stereocenters. The zero-order chi connectivity index (χ0) is 19.1. The molecular weight excluding hydrogens is 356 g/mol.